The van der Waals surface area contributed by atoms with Gasteiger partial charge in [0.25, 0.3) is 0 Å². The third kappa shape index (κ3) is 4.48. The summed E-state index contributed by atoms with van der Waals surface area (Å²) in [6.45, 7) is 12.7. The topological polar surface area (TPSA) is 15.3 Å². The Labute approximate surface area is 134 Å². The van der Waals surface area contributed by atoms with Gasteiger partial charge < -0.3 is 5.32 Å². The highest BCUT2D eigenvalue weighted by atomic mass is 32.2. The summed E-state index contributed by atoms with van der Waals surface area (Å²) in [5.41, 5.74) is 1.41. The van der Waals surface area contributed by atoms with Crippen molar-refractivity contribution in [3.63, 3.8) is 0 Å². The quantitative estimate of drug-likeness (QED) is 0.891. The molecular formula is C18H30N2S. The molecule has 0 aliphatic carbocycles. The number of benzene rings is 1. The largest absolute Gasteiger partial charge is 0.307 e. The molecule has 1 aromatic carbocycles. The van der Waals surface area contributed by atoms with E-state index in [1.54, 1.807) is 0 Å². The van der Waals surface area contributed by atoms with Gasteiger partial charge in [-0.15, -0.1) is 0 Å². The fourth-order valence-corrected chi connectivity index (χ4v) is 3.42. The summed E-state index contributed by atoms with van der Waals surface area (Å²) in [5.74, 6) is 0.687. The molecule has 1 fully saturated rings. The summed E-state index contributed by atoms with van der Waals surface area (Å²) in [6, 6.07) is 12.0. The SMILES string of the molecule is CSC(C)(C)CN1CC(c2ccccc2)NCC1C(C)C. The van der Waals surface area contributed by atoms with Gasteiger partial charge in [0, 0.05) is 36.5 Å². The van der Waals surface area contributed by atoms with E-state index < -0.39 is 0 Å². The van der Waals surface area contributed by atoms with Gasteiger partial charge in [-0.05, 0) is 31.6 Å². The van der Waals surface area contributed by atoms with Crippen molar-refractivity contribution >= 4 is 11.8 Å². The van der Waals surface area contributed by atoms with E-state index in [2.05, 4.69) is 74.5 Å². The number of thioether (sulfide) groups is 1. The molecule has 0 aromatic heterocycles. The standard InChI is InChI=1S/C18H30N2S/c1-14(2)17-11-19-16(15-9-7-6-8-10-15)12-20(17)13-18(3,4)21-5/h6-10,14,16-17,19H,11-13H2,1-5H3. The van der Waals surface area contributed by atoms with Crippen molar-refractivity contribution in [1.29, 1.82) is 0 Å². The molecule has 1 saturated heterocycles. The third-order valence-corrected chi connectivity index (χ3v) is 5.80. The van der Waals surface area contributed by atoms with E-state index >= 15 is 0 Å². The van der Waals surface area contributed by atoms with Crippen molar-refractivity contribution in [2.45, 2.75) is 44.5 Å². The fraction of sp³-hybridized carbons (Fsp3) is 0.667. The Hall–Kier alpha value is -0.510. The first-order valence-corrected chi connectivity index (χ1v) is 9.23. The predicted octanol–water partition coefficient (Wildman–Crippen LogP) is 3.80. The average Bonchev–Trinajstić information content (AvgIpc) is 2.47. The van der Waals surface area contributed by atoms with Crippen LogP contribution in [0.4, 0.5) is 0 Å². The van der Waals surface area contributed by atoms with Crippen molar-refractivity contribution in [3.8, 4) is 0 Å². The molecule has 2 rings (SSSR count). The lowest BCUT2D eigenvalue weighted by molar-refractivity contribution is 0.0913. The number of rotatable bonds is 5. The molecule has 1 heterocycles. The molecule has 0 amide bonds. The number of hydrogen-bond acceptors (Lipinski definition) is 3. The van der Waals surface area contributed by atoms with Crippen molar-refractivity contribution in [2.75, 3.05) is 25.9 Å². The van der Waals surface area contributed by atoms with Gasteiger partial charge in [0.05, 0.1) is 0 Å². The van der Waals surface area contributed by atoms with Crippen LogP contribution < -0.4 is 5.32 Å². The van der Waals surface area contributed by atoms with Crippen LogP contribution in [0.25, 0.3) is 0 Å². The number of nitrogens with one attached hydrogen (secondary N) is 1. The van der Waals surface area contributed by atoms with Gasteiger partial charge >= 0.3 is 0 Å². The zero-order chi connectivity index (χ0) is 15.5. The summed E-state index contributed by atoms with van der Waals surface area (Å²) in [5, 5.41) is 3.75. The lowest BCUT2D eigenvalue weighted by atomic mass is 9.94. The lowest BCUT2D eigenvalue weighted by Gasteiger charge is -2.45. The normalized spacial score (nSPS) is 24.5. The molecule has 118 valence electrons. The van der Waals surface area contributed by atoms with Gasteiger partial charge in [0.2, 0.25) is 0 Å². The van der Waals surface area contributed by atoms with Crippen molar-refractivity contribution in [1.82, 2.24) is 10.2 Å². The molecule has 1 N–H and O–H groups in total. The maximum absolute atomic E-state index is 3.75. The molecule has 0 radical (unpaired) electrons. The van der Waals surface area contributed by atoms with E-state index in [9.17, 15) is 0 Å². The molecule has 0 bridgehead atoms. The average molecular weight is 307 g/mol. The Morgan fingerprint density at radius 3 is 2.52 bits per heavy atom. The second-order valence-electron chi connectivity index (χ2n) is 7.08. The van der Waals surface area contributed by atoms with Gasteiger partial charge in [-0.25, -0.2) is 0 Å². The lowest BCUT2D eigenvalue weighted by Crippen LogP contribution is -2.57. The van der Waals surface area contributed by atoms with Crippen molar-refractivity contribution in [2.24, 2.45) is 5.92 Å². The highest BCUT2D eigenvalue weighted by Gasteiger charge is 2.33. The van der Waals surface area contributed by atoms with Crippen LogP contribution in [0, 0.1) is 5.92 Å². The molecule has 2 atom stereocenters. The van der Waals surface area contributed by atoms with Crippen LogP contribution in [0.3, 0.4) is 0 Å². The highest BCUT2D eigenvalue weighted by molar-refractivity contribution is 7.99. The van der Waals surface area contributed by atoms with Gasteiger partial charge in [0.1, 0.15) is 0 Å². The maximum atomic E-state index is 3.75. The minimum atomic E-state index is 0.311. The number of hydrogen-bond donors (Lipinski definition) is 1. The van der Waals surface area contributed by atoms with Crippen LogP contribution in [0.15, 0.2) is 30.3 Å². The zero-order valence-electron chi connectivity index (χ0n) is 14.1. The van der Waals surface area contributed by atoms with Crippen molar-refractivity contribution < 1.29 is 0 Å². The van der Waals surface area contributed by atoms with E-state index in [-0.39, 0.29) is 0 Å². The Morgan fingerprint density at radius 1 is 1.29 bits per heavy atom. The summed E-state index contributed by atoms with van der Waals surface area (Å²) in [7, 11) is 0. The Balaban J connectivity index is 2.12. The first kappa shape index (κ1) is 16.9. The molecule has 21 heavy (non-hydrogen) atoms. The third-order valence-electron chi connectivity index (χ3n) is 4.57. The van der Waals surface area contributed by atoms with Crippen LogP contribution in [0.2, 0.25) is 0 Å². The monoisotopic (exact) mass is 306 g/mol. The Morgan fingerprint density at radius 2 is 1.95 bits per heavy atom. The van der Waals surface area contributed by atoms with E-state index in [0.29, 0.717) is 22.7 Å². The fourth-order valence-electron chi connectivity index (χ4n) is 3.13. The smallest absolute Gasteiger partial charge is 0.0449 e. The first-order valence-electron chi connectivity index (χ1n) is 8.00. The summed E-state index contributed by atoms with van der Waals surface area (Å²) >= 11 is 1.97. The Bertz CT molecular complexity index is 430. The summed E-state index contributed by atoms with van der Waals surface area (Å²) < 4.78 is 0.311. The van der Waals surface area contributed by atoms with Crippen LogP contribution in [-0.2, 0) is 0 Å². The predicted molar refractivity (Wildman–Crippen MR) is 95.0 cm³/mol. The Kier molecular flexibility index (Phi) is 5.75. The van der Waals surface area contributed by atoms with Crippen LogP contribution in [-0.4, -0.2) is 41.6 Å². The van der Waals surface area contributed by atoms with Gasteiger partial charge in [-0.1, -0.05) is 44.2 Å². The number of piperazine rings is 1. The molecule has 0 saturated carbocycles. The zero-order valence-corrected chi connectivity index (χ0v) is 14.9. The van der Waals surface area contributed by atoms with Gasteiger partial charge in [-0.2, -0.15) is 11.8 Å². The summed E-state index contributed by atoms with van der Waals surface area (Å²) in [6.07, 6.45) is 2.22. The van der Waals surface area contributed by atoms with E-state index in [0.717, 1.165) is 19.6 Å². The molecule has 0 spiro atoms. The van der Waals surface area contributed by atoms with Gasteiger partial charge in [-0.3, -0.25) is 4.90 Å². The highest BCUT2D eigenvalue weighted by Crippen LogP contribution is 2.29. The van der Waals surface area contributed by atoms with E-state index in [4.69, 9.17) is 0 Å². The van der Waals surface area contributed by atoms with E-state index in [1.807, 2.05) is 11.8 Å². The van der Waals surface area contributed by atoms with Crippen molar-refractivity contribution in [3.05, 3.63) is 35.9 Å². The second-order valence-corrected chi connectivity index (χ2v) is 8.59. The van der Waals surface area contributed by atoms with Crippen LogP contribution in [0.5, 0.6) is 0 Å². The van der Waals surface area contributed by atoms with Crippen LogP contribution in [0.1, 0.15) is 39.3 Å². The first-order chi connectivity index (χ1) is 9.93. The minimum Gasteiger partial charge on any atom is -0.307 e. The molecule has 2 nitrogen and oxygen atoms in total. The maximum Gasteiger partial charge on any atom is 0.0449 e. The van der Waals surface area contributed by atoms with E-state index in [1.165, 1.54) is 5.56 Å². The summed E-state index contributed by atoms with van der Waals surface area (Å²) in [4.78, 5) is 2.70. The van der Waals surface area contributed by atoms with Gasteiger partial charge in [0.15, 0.2) is 0 Å². The number of nitrogens with zero attached hydrogens (tertiary/aromatic N) is 1. The molecule has 1 aliphatic rings. The molecular weight excluding hydrogens is 276 g/mol. The second kappa shape index (κ2) is 7.17. The molecule has 3 heteroatoms. The molecule has 1 aromatic rings. The van der Waals surface area contributed by atoms with Crippen LogP contribution >= 0.6 is 11.8 Å². The minimum absolute atomic E-state index is 0.311. The molecule has 2 unspecified atom stereocenters. The molecule has 1 aliphatic heterocycles.